The molecule has 2 aromatic carbocycles. The van der Waals surface area contributed by atoms with Crippen LogP contribution in [0.3, 0.4) is 0 Å². The third-order valence-corrected chi connectivity index (χ3v) is 6.24. The number of amides is 1. The van der Waals surface area contributed by atoms with E-state index in [0.717, 1.165) is 11.3 Å². The number of nitrogens with zero attached hydrogens (tertiary/aromatic N) is 1. The highest BCUT2D eigenvalue weighted by Gasteiger charge is 2.19. The number of anilines is 1. The van der Waals surface area contributed by atoms with E-state index in [2.05, 4.69) is 5.32 Å². The van der Waals surface area contributed by atoms with Gasteiger partial charge in [-0.25, -0.2) is 8.42 Å². The van der Waals surface area contributed by atoms with Gasteiger partial charge in [0.2, 0.25) is 10.0 Å². The molecule has 0 unspecified atom stereocenters. The second kappa shape index (κ2) is 8.90. The van der Waals surface area contributed by atoms with Crippen molar-refractivity contribution in [2.75, 3.05) is 23.7 Å². The molecule has 0 spiro atoms. The van der Waals surface area contributed by atoms with Crippen LogP contribution in [0, 0.1) is 0 Å². The van der Waals surface area contributed by atoms with Gasteiger partial charge in [0.1, 0.15) is 5.75 Å². The maximum atomic E-state index is 12.5. The summed E-state index contributed by atoms with van der Waals surface area (Å²) < 4.78 is 30.7. The number of sulfonamides is 1. The zero-order valence-electron chi connectivity index (χ0n) is 16.1. The van der Waals surface area contributed by atoms with Gasteiger partial charge in [-0.2, -0.15) is 0 Å². The number of hydrogen-bond donors (Lipinski definition) is 1. The molecular formula is C20H26N2O4S. The number of benzene rings is 2. The molecule has 0 aromatic heterocycles. The number of ether oxygens (including phenoxy) is 1. The number of rotatable bonds is 8. The average molecular weight is 391 g/mol. The Balaban J connectivity index is 2.10. The fraction of sp³-hybridized carbons (Fsp3) is 0.350. The molecule has 146 valence electrons. The van der Waals surface area contributed by atoms with E-state index in [4.69, 9.17) is 4.74 Å². The van der Waals surface area contributed by atoms with Crippen LogP contribution in [0.25, 0.3) is 0 Å². The van der Waals surface area contributed by atoms with E-state index in [0.29, 0.717) is 17.8 Å². The molecule has 0 saturated heterocycles. The van der Waals surface area contributed by atoms with Gasteiger partial charge in [0.25, 0.3) is 5.91 Å². The van der Waals surface area contributed by atoms with Crippen LogP contribution in [0.2, 0.25) is 0 Å². The summed E-state index contributed by atoms with van der Waals surface area (Å²) in [6.07, 6.45) is 0. The van der Waals surface area contributed by atoms with Crippen molar-refractivity contribution in [1.82, 2.24) is 5.32 Å². The lowest BCUT2D eigenvalue weighted by Crippen LogP contribution is -2.32. The molecule has 1 atom stereocenters. The third kappa shape index (κ3) is 5.01. The predicted octanol–water partition coefficient (Wildman–Crippen LogP) is 3.36. The summed E-state index contributed by atoms with van der Waals surface area (Å²) in [5.41, 5.74) is 2.00. The summed E-state index contributed by atoms with van der Waals surface area (Å²) in [7, 11) is -1.73. The van der Waals surface area contributed by atoms with Crippen LogP contribution in [0.1, 0.15) is 42.7 Å². The molecule has 0 heterocycles. The lowest BCUT2D eigenvalue weighted by atomic mass is 10.1. The Hall–Kier alpha value is -2.54. The largest absolute Gasteiger partial charge is 0.497 e. The molecular weight excluding hydrogens is 364 g/mol. The summed E-state index contributed by atoms with van der Waals surface area (Å²) in [5, 5.41) is 2.94. The lowest BCUT2D eigenvalue weighted by molar-refractivity contribution is 0.0940. The smallest absolute Gasteiger partial charge is 0.251 e. The topological polar surface area (TPSA) is 75.7 Å². The van der Waals surface area contributed by atoms with E-state index in [-0.39, 0.29) is 17.7 Å². The van der Waals surface area contributed by atoms with E-state index in [1.54, 1.807) is 45.2 Å². The van der Waals surface area contributed by atoms with Gasteiger partial charge in [0, 0.05) is 12.1 Å². The van der Waals surface area contributed by atoms with Gasteiger partial charge in [0.05, 0.1) is 24.6 Å². The minimum absolute atomic E-state index is 0.0302. The summed E-state index contributed by atoms with van der Waals surface area (Å²) in [6.45, 7) is 5.64. The van der Waals surface area contributed by atoms with E-state index < -0.39 is 10.0 Å². The number of nitrogens with one attached hydrogen (secondary N) is 1. The molecule has 1 N–H and O–H groups in total. The average Bonchev–Trinajstić information content (AvgIpc) is 2.68. The monoisotopic (exact) mass is 390 g/mol. The van der Waals surface area contributed by atoms with Crippen LogP contribution in [0.15, 0.2) is 48.5 Å². The number of hydrogen-bond acceptors (Lipinski definition) is 4. The molecule has 1 amide bonds. The zero-order valence-corrected chi connectivity index (χ0v) is 16.9. The maximum absolute atomic E-state index is 12.5. The van der Waals surface area contributed by atoms with E-state index in [1.165, 1.54) is 4.31 Å². The summed E-state index contributed by atoms with van der Waals surface area (Å²) >= 11 is 0. The molecule has 2 rings (SSSR count). The molecule has 0 fully saturated rings. The second-order valence-corrected chi connectivity index (χ2v) is 8.26. The van der Waals surface area contributed by atoms with Crippen molar-refractivity contribution in [3.05, 3.63) is 59.7 Å². The fourth-order valence-corrected chi connectivity index (χ4v) is 3.88. The Morgan fingerprint density at radius 2 is 1.67 bits per heavy atom. The SMILES string of the molecule is CCN(c1ccc(C(=O)N[C@H](C)c2ccc(OC)cc2)cc1)S(=O)(=O)CC. The number of carbonyl (C=O) groups is 1. The van der Waals surface area contributed by atoms with Gasteiger partial charge in [-0.05, 0) is 62.7 Å². The highest BCUT2D eigenvalue weighted by atomic mass is 32.2. The third-order valence-electron chi connectivity index (χ3n) is 4.37. The number of methoxy groups -OCH3 is 1. The van der Waals surface area contributed by atoms with Gasteiger partial charge in [-0.1, -0.05) is 12.1 Å². The molecule has 2 aromatic rings. The highest BCUT2D eigenvalue weighted by Crippen LogP contribution is 2.20. The summed E-state index contributed by atoms with van der Waals surface area (Å²) in [6, 6.07) is 13.9. The Labute approximate surface area is 161 Å². The minimum Gasteiger partial charge on any atom is -0.497 e. The van der Waals surface area contributed by atoms with E-state index in [9.17, 15) is 13.2 Å². The van der Waals surface area contributed by atoms with Gasteiger partial charge < -0.3 is 10.1 Å². The quantitative estimate of drug-likeness (QED) is 0.750. The van der Waals surface area contributed by atoms with Crippen LogP contribution in [0.4, 0.5) is 5.69 Å². The maximum Gasteiger partial charge on any atom is 0.251 e. The fourth-order valence-electron chi connectivity index (χ4n) is 2.73. The van der Waals surface area contributed by atoms with Crippen molar-refractivity contribution in [1.29, 1.82) is 0 Å². The van der Waals surface area contributed by atoms with Crippen LogP contribution in [-0.4, -0.2) is 33.7 Å². The molecule has 0 bridgehead atoms. The first-order valence-electron chi connectivity index (χ1n) is 8.87. The zero-order chi connectivity index (χ0) is 20.0. The van der Waals surface area contributed by atoms with Gasteiger partial charge in [-0.15, -0.1) is 0 Å². The van der Waals surface area contributed by atoms with E-state index >= 15 is 0 Å². The second-order valence-electron chi connectivity index (χ2n) is 6.08. The van der Waals surface area contributed by atoms with Crippen molar-refractivity contribution in [3.8, 4) is 5.75 Å². The van der Waals surface area contributed by atoms with Crippen molar-refractivity contribution in [3.63, 3.8) is 0 Å². The highest BCUT2D eigenvalue weighted by molar-refractivity contribution is 7.92. The molecule has 0 saturated carbocycles. The first kappa shape index (κ1) is 20.8. The van der Waals surface area contributed by atoms with Crippen LogP contribution in [-0.2, 0) is 10.0 Å². The van der Waals surface area contributed by atoms with E-state index in [1.807, 2.05) is 31.2 Å². The molecule has 0 aliphatic rings. The molecule has 0 aliphatic carbocycles. The van der Waals surface area contributed by atoms with Gasteiger partial charge >= 0.3 is 0 Å². The minimum atomic E-state index is -3.33. The Kier molecular flexibility index (Phi) is 6.85. The Morgan fingerprint density at radius 1 is 1.07 bits per heavy atom. The van der Waals surface area contributed by atoms with Crippen LogP contribution >= 0.6 is 0 Å². The van der Waals surface area contributed by atoms with Crippen molar-refractivity contribution < 1.29 is 17.9 Å². The van der Waals surface area contributed by atoms with Crippen molar-refractivity contribution in [2.24, 2.45) is 0 Å². The van der Waals surface area contributed by atoms with Gasteiger partial charge in [0.15, 0.2) is 0 Å². The standard InChI is InChI=1S/C20H26N2O4S/c1-5-22(27(24,25)6-2)18-11-7-17(8-12-18)20(23)21-15(3)16-9-13-19(26-4)14-10-16/h7-15H,5-6H2,1-4H3,(H,21,23)/t15-/m1/s1. The Bertz CT molecular complexity index is 862. The van der Waals surface area contributed by atoms with Crippen molar-refractivity contribution in [2.45, 2.75) is 26.8 Å². The first-order chi connectivity index (χ1) is 12.8. The Morgan fingerprint density at radius 3 is 2.15 bits per heavy atom. The normalized spacial score (nSPS) is 12.3. The molecule has 6 nitrogen and oxygen atoms in total. The molecule has 7 heteroatoms. The van der Waals surface area contributed by atoms with Crippen molar-refractivity contribution >= 4 is 21.6 Å². The summed E-state index contributed by atoms with van der Waals surface area (Å²) in [4.78, 5) is 12.5. The molecule has 27 heavy (non-hydrogen) atoms. The summed E-state index contributed by atoms with van der Waals surface area (Å²) in [5.74, 6) is 0.573. The lowest BCUT2D eigenvalue weighted by Gasteiger charge is -2.22. The molecule has 0 radical (unpaired) electrons. The van der Waals surface area contributed by atoms with Crippen LogP contribution in [0.5, 0.6) is 5.75 Å². The van der Waals surface area contributed by atoms with Gasteiger partial charge in [-0.3, -0.25) is 9.10 Å². The first-order valence-corrected chi connectivity index (χ1v) is 10.5. The van der Waals surface area contributed by atoms with Crippen LogP contribution < -0.4 is 14.4 Å². The predicted molar refractivity (Wildman–Crippen MR) is 108 cm³/mol. The molecule has 0 aliphatic heterocycles. The number of carbonyl (C=O) groups excluding carboxylic acids is 1.